The van der Waals surface area contributed by atoms with Crippen LogP contribution in [0, 0.1) is 0 Å². The van der Waals surface area contributed by atoms with Crippen molar-refractivity contribution < 1.29 is 10.2 Å². The molecule has 0 radical (unpaired) electrons. The van der Waals surface area contributed by atoms with E-state index in [1.165, 1.54) is 0 Å². The Bertz CT molecular complexity index is 297. The molecule has 0 heterocycles. The number of phenols is 1. The third-order valence-corrected chi connectivity index (χ3v) is 2.60. The molecule has 3 heteroatoms. The number of aromatic hydroxyl groups is 1. The van der Waals surface area contributed by atoms with Gasteiger partial charge in [0.05, 0.1) is 4.47 Å². The van der Waals surface area contributed by atoms with Gasteiger partial charge in [0, 0.05) is 6.61 Å². The Morgan fingerprint density at radius 1 is 1.38 bits per heavy atom. The second-order valence-electron chi connectivity index (χ2n) is 2.91. The van der Waals surface area contributed by atoms with Crippen molar-refractivity contribution in [2.75, 3.05) is 6.61 Å². The van der Waals surface area contributed by atoms with Crippen LogP contribution in [0.15, 0.2) is 16.6 Å². The normalized spacial score (nSPS) is 10.4. The largest absolute Gasteiger partial charge is 0.506 e. The van der Waals surface area contributed by atoms with Crippen molar-refractivity contribution in [2.45, 2.75) is 19.8 Å². The zero-order valence-corrected chi connectivity index (χ0v) is 9.13. The summed E-state index contributed by atoms with van der Waals surface area (Å²) in [6, 6.07) is 3.83. The molecule has 0 atom stereocenters. The monoisotopic (exact) mass is 244 g/mol. The zero-order valence-electron chi connectivity index (χ0n) is 7.55. The van der Waals surface area contributed by atoms with Gasteiger partial charge in [-0.15, -0.1) is 0 Å². The molecule has 0 saturated heterocycles. The maximum absolute atomic E-state index is 9.59. The van der Waals surface area contributed by atoms with Crippen molar-refractivity contribution in [3.8, 4) is 5.75 Å². The van der Waals surface area contributed by atoms with Gasteiger partial charge in [0.2, 0.25) is 0 Å². The highest BCUT2D eigenvalue weighted by Gasteiger charge is 2.06. The number of halogens is 1. The third-order valence-electron chi connectivity index (χ3n) is 1.99. The molecule has 1 aromatic carbocycles. The summed E-state index contributed by atoms with van der Waals surface area (Å²) in [7, 11) is 0. The fourth-order valence-corrected chi connectivity index (χ4v) is 1.78. The molecule has 2 N–H and O–H groups in total. The van der Waals surface area contributed by atoms with Crippen LogP contribution in [0.1, 0.15) is 18.1 Å². The van der Waals surface area contributed by atoms with Crippen molar-refractivity contribution in [2.24, 2.45) is 0 Å². The average Bonchev–Trinajstić information content (AvgIpc) is 2.13. The highest BCUT2D eigenvalue weighted by Crippen LogP contribution is 2.29. The van der Waals surface area contributed by atoms with Gasteiger partial charge in [-0.2, -0.15) is 0 Å². The van der Waals surface area contributed by atoms with Crippen molar-refractivity contribution in [3.05, 3.63) is 27.7 Å². The molecule has 0 bridgehead atoms. The van der Waals surface area contributed by atoms with E-state index in [1.54, 1.807) is 0 Å². The third kappa shape index (κ3) is 2.45. The van der Waals surface area contributed by atoms with E-state index in [2.05, 4.69) is 22.9 Å². The van der Waals surface area contributed by atoms with E-state index in [1.807, 2.05) is 12.1 Å². The Kier molecular flexibility index (Phi) is 3.75. The number of aryl methyl sites for hydroxylation is 1. The van der Waals surface area contributed by atoms with Gasteiger partial charge in [0.15, 0.2) is 0 Å². The van der Waals surface area contributed by atoms with Crippen LogP contribution in [0.3, 0.4) is 0 Å². The number of phenolic OH excluding ortho intramolecular Hbond substituents is 1. The van der Waals surface area contributed by atoms with Crippen molar-refractivity contribution in [1.82, 2.24) is 0 Å². The van der Waals surface area contributed by atoms with E-state index < -0.39 is 0 Å². The Balaban J connectivity index is 3.09. The van der Waals surface area contributed by atoms with Gasteiger partial charge in [-0.25, -0.2) is 0 Å². The first-order chi connectivity index (χ1) is 6.19. The van der Waals surface area contributed by atoms with E-state index in [9.17, 15) is 5.11 Å². The molecule has 13 heavy (non-hydrogen) atoms. The highest BCUT2D eigenvalue weighted by atomic mass is 79.9. The predicted molar refractivity (Wildman–Crippen MR) is 56.0 cm³/mol. The summed E-state index contributed by atoms with van der Waals surface area (Å²) in [5.41, 5.74) is 1.96. The molecule has 0 saturated carbocycles. The van der Waals surface area contributed by atoms with E-state index >= 15 is 0 Å². The lowest BCUT2D eigenvalue weighted by molar-refractivity contribution is 0.297. The number of hydrogen-bond acceptors (Lipinski definition) is 2. The van der Waals surface area contributed by atoms with Crippen LogP contribution in [0.2, 0.25) is 0 Å². The highest BCUT2D eigenvalue weighted by molar-refractivity contribution is 9.10. The summed E-state index contributed by atoms with van der Waals surface area (Å²) in [6.45, 7) is 2.12. The first-order valence-electron chi connectivity index (χ1n) is 4.30. The molecule has 0 fully saturated rings. The smallest absolute Gasteiger partial charge is 0.133 e. The lowest BCUT2D eigenvalue weighted by atomic mass is 10.1. The molecule has 0 aliphatic carbocycles. The first-order valence-corrected chi connectivity index (χ1v) is 5.09. The van der Waals surface area contributed by atoms with Crippen LogP contribution in [-0.2, 0) is 12.8 Å². The van der Waals surface area contributed by atoms with Gasteiger partial charge in [-0.1, -0.05) is 13.0 Å². The van der Waals surface area contributed by atoms with E-state index in [-0.39, 0.29) is 12.4 Å². The molecule has 0 aliphatic heterocycles. The van der Waals surface area contributed by atoms with Gasteiger partial charge >= 0.3 is 0 Å². The van der Waals surface area contributed by atoms with Crippen LogP contribution in [0.4, 0.5) is 0 Å². The molecule has 0 spiro atoms. The van der Waals surface area contributed by atoms with Crippen LogP contribution in [-0.4, -0.2) is 16.8 Å². The summed E-state index contributed by atoms with van der Waals surface area (Å²) in [5, 5.41) is 18.4. The number of benzene rings is 1. The fourth-order valence-electron chi connectivity index (χ4n) is 1.23. The van der Waals surface area contributed by atoms with Crippen LogP contribution in [0.5, 0.6) is 5.75 Å². The SMILES string of the molecule is CCc1cc(Br)c(O)c(CCO)c1. The van der Waals surface area contributed by atoms with Gasteiger partial charge in [-0.05, 0) is 46.0 Å². The van der Waals surface area contributed by atoms with Gasteiger partial charge < -0.3 is 10.2 Å². The minimum atomic E-state index is 0.0627. The molecule has 0 amide bonds. The molecule has 0 unspecified atom stereocenters. The van der Waals surface area contributed by atoms with E-state index in [0.717, 1.165) is 17.5 Å². The topological polar surface area (TPSA) is 40.5 Å². The molecule has 1 rings (SSSR count). The molecule has 0 aromatic heterocycles. The Morgan fingerprint density at radius 2 is 2.08 bits per heavy atom. The molecule has 2 nitrogen and oxygen atoms in total. The Hall–Kier alpha value is -0.540. The first kappa shape index (κ1) is 10.5. The molecule has 72 valence electrons. The van der Waals surface area contributed by atoms with Crippen LogP contribution < -0.4 is 0 Å². The van der Waals surface area contributed by atoms with Crippen molar-refractivity contribution in [1.29, 1.82) is 0 Å². The maximum Gasteiger partial charge on any atom is 0.133 e. The number of aliphatic hydroxyl groups excluding tert-OH is 1. The predicted octanol–water partition coefficient (Wildman–Crippen LogP) is 2.25. The quantitative estimate of drug-likeness (QED) is 0.857. The number of aliphatic hydroxyl groups is 1. The van der Waals surface area contributed by atoms with E-state index in [4.69, 9.17) is 5.11 Å². The minimum Gasteiger partial charge on any atom is -0.506 e. The zero-order chi connectivity index (χ0) is 9.84. The minimum absolute atomic E-state index is 0.0627. The summed E-state index contributed by atoms with van der Waals surface area (Å²) < 4.78 is 0.704. The maximum atomic E-state index is 9.59. The Labute approximate surface area is 86.3 Å². The lowest BCUT2D eigenvalue weighted by Crippen LogP contribution is -1.94. The van der Waals surface area contributed by atoms with Gasteiger partial charge in [0.25, 0.3) is 0 Å². The summed E-state index contributed by atoms with van der Waals surface area (Å²) in [4.78, 5) is 0. The summed E-state index contributed by atoms with van der Waals surface area (Å²) >= 11 is 3.28. The second kappa shape index (κ2) is 4.63. The molecular weight excluding hydrogens is 232 g/mol. The number of hydrogen-bond donors (Lipinski definition) is 2. The van der Waals surface area contributed by atoms with Gasteiger partial charge in [0.1, 0.15) is 5.75 Å². The van der Waals surface area contributed by atoms with Crippen molar-refractivity contribution >= 4 is 15.9 Å². The average molecular weight is 245 g/mol. The molecule has 0 aliphatic rings. The van der Waals surface area contributed by atoms with E-state index in [0.29, 0.717) is 10.9 Å². The van der Waals surface area contributed by atoms with Crippen LogP contribution >= 0.6 is 15.9 Å². The summed E-state index contributed by atoms with van der Waals surface area (Å²) in [5.74, 6) is 0.242. The number of rotatable bonds is 3. The standard InChI is InChI=1S/C10H13BrO2/c1-2-7-5-8(3-4-12)10(13)9(11)6-7/h5-6,12-13H,2-4H2,1H3. The van der Waals surface area contributed by atoms with Gasteiger partial charge in [-0.3, -0.25) is 0 Å². The second-order valence-corrected chi connectivity index (χ2v) is 3.77. The molecular formula is C10H13BrO2. The lowest BCUT2D eigenvalue weighted by Gasteiger charge is -2.07. The van der Waals surface area contributed by atoms with Crippen LogP contribution in [0.25, 0.3) is 0 Å². The summed E-state index contributed by atoms with van der Waals surface area (Å²) in [6.07, 6.45) is 1.43. The Morgan fingerprint density at radius 3 is 2.62 bits per heavy atom. The van der Waals surface area contributed by atoms with Crippen molar-refractivity contribution in [3.63, 3.8) is 0 Å². The fraction of sp³-hybridized carbons (Fsp3) is 0.400. The molecule has 1 aromatic rings.